The maximum absolute atomic E-state index is 12.6. The molecular formula is C41H72NO13P. The number of esters is 2. The van der Waals surface area contributed by atoms with Gasteiger partial charge in [-0.15, -0.1) is 0 Å². The second-order valence-electron chi connectivity index (χ2n) is 14.0. The number of carboxylic acids is 1. The summed E-state index contributed by atoms with van der Waals surface area (Å²) >= 11 is 0. The van der Waals surface area contributed by atoms with Crippen molar-refractivity contribution < 1.29 is 62.8 Å². The number of unbranched alkanes of at least 4 members (excludes halogenated alkanes) is 13. The van der Waals surface area contributed by atoms with Crippen molar-refractivity contribution in [2.75, 3.05) is 19.8 Å². The predicted octanol–water partition coefficient (Wildman–Crippen LogP) is 7.14. The number of ether oxygens (including phenoxy) is 2. The lowest BCUT2D eigenvalue weighted by molar-refractivity contribution is -0.161. The van der Waals surface area contributed by atoms with Gasteiger partial charge in [0.25, 0.3) is 0 Å². The van der Waals surface area contributed by atoms with Crippen molar-refractivity contribution in [2.45, 2.75) is 173 Å². The van der Waals surface area contributed by atoms with Gasteiger partial charge in [-0.2, -0.15) is 0 Å². The van der Waals surface area contributed by atoms with E-state index in [0.717, 1.165) is 51.4 Å². The van der Waals surface area contributed by atoms with Gasteiger partial charge in [-0.3, -0.25) is 23.4 Å². The number of allylic oxidation sites excluding steroid dienone is 6. The molecule has 0 aromatic heterocycles. The Morgan fingerprint density at radius 2 is 1.12 bits per heavy atom. The Hall–Kier alpha value is -2.68. The third-order valence-electron chi connectivity index (χ3n) is 8.70. The third-order valence-corrected chi connectivity index (χ3v) is 9.65. The van der Waals surface area contributed by atoms with Crippen molar-refractivity contribution in [3.8, 4) is 0 Å². The number of rotatable bonds is 37. The first-order valence-electron chi connectivity index (χ1n) is 20.5. The Balaban J connectivity index is 4.73. The Morgan fingerprint density at radius 3 is 1.71 bits per heavy atom. The third kappa shape index (κ3) is 33.5. The molecule has 0 bridgehead atoms. The summed E-state index contributed by atoms with van der Waals surface area (Å²) in [5.74, 6) is -2.75. The first kappa shape index (κ1) is 53.3. The van der Waals surface area contributed by atoms with Gasteiger partial charge in [0.1, 0.15) is 12.6 Å². The van der Waals surface area contributed by atoms with Gasteiger partial charge in [-0.1, -0.05) is 152 Å². The van der Waals surface area contributed by atoms with Gasteiger partial charge in [0.05, 0.1) is 31.5 Å². The molecule has 0 aromatic carbocycles. The molecule has 14 nitrogen and oxygen atoms in total. The Labute approximate surface area is 334 Å². The van der Waals surface area contributed by atoms with Crippen LogP contribution in [0.1, 0.15) is 142 Å². The smallest absolute Gasteiger partial charge is 0.472 e. The maximum Gasteiger partial charge on any atom is 0.472 e. The van der Waals surface area contributed by atoms with Crippen LogP contribution in [-0.2, 0) is 37.5 Å². The van der Waals surface area contributed by atoms with E-state index >= 15 is 0 Å². The average molecular weight is 818 g/mol. The molecule has 0 aromatic rings. The number of phosphoric acid groups is 1. The zero-order valence-electron chi connectivity index (χ0n) is 33.8. The number of carbonyl (C=O) groups is 3. The summed E-state index contributed by atoms with van der Waals surface area (Å²) in [4.78, 5) is 45.9. The molecule has 7 N–H and O–H groups in total. The molecule has 0 heterocycles. The number of hydrogen-bond acceptors (Lipinski definition) is 12. The largest absolute Gasteiger partial charge is 0.480 e. The minimum atomic E-state index is -4.79. The molecule has 324 valence electrons. The molecule has 0 fully saturated rings. The Morgan fingerprint density at radius 1 is 0.625 bits per heavy atom. The van der Waals surface area contributed by atoms with E-state index in [0.29, 0.717) is 6.42 Å². The van der Waals surface area contributed by atoms with Crippen LogP contribution >= 0.6 is 7.82 Å². The quantitative estimate of drug-likeness (QED) is 0.0158. The van der Waals surface area contributed by atoms with Crippen molar-refractivity contribution in [2.24, 2.45) is 5.73 Å². The number of aliphatic hydroxyl groups excluding tert-OH is 3. The lowest BCUT2D eigenvalue weighted by Crippen LogP contribution is -2.34. The summed E-state index contributed by atoms with van der Waals surface area (Å²) in [6.07, 6.45) is 27.0. The Bertz CT molecular complexity index is 1190. The molecule has 0 amide bonds. The van der Waals surface area contributed by atoms with E-state index in [1.54, 1.807) is 42.5 Å². The van der Waals surface area contributed by atoms with E-state index in [4.69, 9.17) is 24.8 Å². The summed E-state index contributed by atoms with van der Waals surface area (Å²) < 4.78 is 32.4. The van der Waals surface area contributed by atoms with Crippen LogP contribution in [0.25, 0.3) is 0 Å². The summed E-state index contributed by atoms with van der Waals surface area (Å²) in [6, 6.07) is -1.57. The molecule has 0 saturated carbocycles. The molecule has 0 aliphatic carbocycles. The number of carboxylic acid groups (broad SMARTS) is 1. The van der Waals surface area contributed by atoms with Crippen molar-refractivity contribution in [3.05, 3.63) is 48.6 Å². The minimum absolute atomic E-state index is 0.0830. The van der Waals surface area contributed by atoms with E-state index in [-0.39, 0.29) is 25.7 Å². The van der Waals surface area contributed by atoms with Crippen LogP contribution in [0.2, 0.25) is 0 Å². The minimum Gasteiger partial charge on any atom is -0.480 e. The Kier molecular flexibility index (Phi) is 33.8. The van der Waals surface area contributed by atoms with Gasteiger partial charge in [0.15, 0.2) is 6.10 Å². The van der Waals surface area contributed by atoms with E-state index in [9.17, 15) is 39.2 Å². The van der Waals surface area contributed by atoms with Gasteiger partial charge < -0.3 is 40.5 Å². The highest BCUT2D eigenvalue weighted by Crippen LogP contribution is 2.43. The summed E-state index contributed by atoms with van der Waals surface area (Å²) in [7, 11) is -4.79. The molecule has 0 radical (unpaired) electrons. The fourth-order valence-electron chi connectivity index (χ4n) is 5.27. The summed E-state index contributed by atoms with van der Waals surface area (Å²) in [5, 5.41) is 39.3. The monoisotopic (exact) mass is 817 g/mol. The molecule has 0 aliphatic heterocycles. The van der Waals surface area contributed by atoms with Gasteiger partial charge in [0, 0.05) is 12.8 Å². The van der Waals surface area contributed by atoms with Crippen LogP contribution in [0, 0.1) is 0 Å². The van der Waals surface area contributed by atoms with E-state index in [1.807, 2.05) is 0 Å². The second kappa shape index (κ2) is 35.5. The first-order valence-corrected chi connectivity index (χ1v) is 22.0. The lowest BCUT2D eigenvalue weighted by atomic mass is 10.0. The van der Waals surface area contributed by atoms with Crippen LogP contribution in [0.15, 0.2) is 48.6 Å². The van der Waals surface area contributed by atoms with Gasteiger partial charge >= 0.3 is 25.7 Å². The average Bonchev–Trinajstić information content (AvgIpc) is 3.16. The highest BCUT2D eigenvalue weighted by Gasteiger charge is 2.28. The molecule has 1 unspecified atom stereocenters. The molecular weight excluding hydrogens is 745 g/mol. The SMILES string of the molecule is CCCCCCCCCCCCCCC(=O)O[C@H](COC(=O)CCC[C@@H](O)[C@H](O)/C=C/C=C/C=C\C=C\[C@H](O)CCCCC)COP(=O)(O)OC[C@H](N)C(=O)O. The summed E-state index contributed by atoms with van der Waals surface area (Å²) in [5.41, 5.74) is 5.30. The van der Waals surface area contributed by atoms with Crippen LogP contribution in [-0.4, -0.2) is 93.5 Å². The lowest BCUT2D eigenvalue weighted by Gasteiger charge is -2.20. The second-order valence-corrected chi connectivity index (χ2v) is 15.4. The molecule has 0 spiro atoms. The van der Waals surface area contributed by atoms with Crippen LogP contribution in [0.5, 0.6) is 0 Å². The van der Waals surface area contributed by atoms with E-state index < -0.39 is 76.0 Å². The highest BCUT2D eigenvalue weighted by atomic mass is 31.2. The number of aliphatic carboxylic acids is 1. The summed E-state index contributed by atoms with van der Waals surface area (Å²) in [6.45, 7) is 2.32. The molecule has 0 aliphatic rings. The van der Waals surface area contributed by atoms with Crippen molar-refractivity contribution >= 4 is 25.7 Å². The molecule has 6 atom stereocenters. The van der Waals surface area contributed by atoms with E-state index in [1.165, 1.54) is 51.0 Å². The van der Waals surface area contributed by atoms with Gasteiger partial charge in [-0.25, -0.2) is 4.57 Å². The molecule has 15 heteroatoms. The van der Waals surface area contributed by atoms with Crippen LogP contribution < -0.4 is 5.73 Å². The molecule has 0 rings (SSSR count). The van der Waals surface area contributed by atoms with Crippen molar-refractivity contribution in [1.82, 2.24) is 0 Å². The number of aliphatic hydroxyl groups is 3. The first-order chi connectivity index (χ1) is 26.8. The number of nitrogens with two attached hydrogens (primary N) is 1. The van der Waals surface area contributed by atoms with Crippen molar-refractivity contribution in [3.63, 3.8) is 0 Å². The number of phosphoric ester groups is 1. The highest BCUT2D eigenvalue weighted by molar-refractivity contribution is 7.47. The zero-order valence-corrected chi connectivity index (χ0v) is 34.7. The van der Waals surface area contributed by atoms with Crippen molar-refractivity contribution in [1.29, 1.82) is 0 Å². The molecule has 0 saturated heterocycles. The van der Waals surface area contributed by atoms with Gasteiger partial charge in [-0.05, 0) is 25.7 Å². The predicted molar refractivity (Wildman–Crippen MR) is 216 cm³/mol. The fraction of sp³-hybridized carbons (Fsp3) is 0.732. The van der Waals surface area contributed by atoms with Crippen LogP contribution in [0.3, 0.4) is 0 Å². The fourth-order valence-corrected chi connectivity index (χ4v) is 6.05. The maximum atomic E-state index is 12.6. The van der Waals surface area contributed by atoms with E-state index in [2.05, 4.69) is 18.4 Å². The van der Waals surface area contributed by atoms with Crippen LogP contribution in [0.4, 0.5) is 0 Å². The number of carbonyl (C=O) groups excluding carboxylic acids is 2. The standard InChI is InChI=1S/C41H72NO13P/c1-3-5-7-8-9-10-11-12-13-14-19-23-29-40(47)55-35(32-53-56(50,51)54-33-36(42)41(48)49)31-52-39(46)30-24-28-38(45)37(44)27-22-18-16-15-17-21-26-34(43)25-20-6-4-2/h15-18,21-22,26-27,34-38,43-45H,3-14,19-20,23-25,28-33,42H2,1-2H3,(H,48,49)(H,50,51)/b17-15-,18-16+,26-21+,27-22+/t34-,35-,36+,37-,38-/m1/s1. The molecule has 56 heavy (non-hydrogen) atoms. The topological polar surface area (TPSA) is 232 Å². The normalized spacial score (nSPS) is 16.0. The number of hydrogen-bond donors (Lipinski definition) is 6. The van der Waals surface area contributed by atoms with Gasteiger partial charge in [0.2, 0.25) is 0 Å². The zero-order chi connectivity index (χ0) is 41.9.